The number of carbonyl (C=O) groups is 3. The SMILES string of the molecule is C=CCN(C(=O)C(NC(=O)OC(C)(C)C)C(C)C)C(C(=O)NCc1ccccc1)c1cccc(O)c1. The van der Waals surface area contributed by atoms with Crippen molar-refractivity contribution in [3.8, 4) is 5.75 Å². The number of ether oxygens (including phenoxy) is 1. The third kappa shape index (κ3) is 8.45. The van der Waals surface area contributed by atoms with Gasteiger partial charge in [-0.05, 0) is 49.9 Å². The van der Waals surface area contributed by atoms with Crippen molar-refractivity contribution >= 4 is 17.9 Å². The highest BCUT2D eigenvalue weighted by Crippen LogP contribution is 2.26. The molecule has 2 rings (SSSR count). The highest BCUT2D eigenvalue weighted by atomic mass is 16.6. The number of carbonyl (C=O) groups excluding carboxylic acids is 3. The molecule has 0 aromatic heterocycles. The number of aromatic hydroxyl groups is 1. The predicted molar refractivity (Wildman–Crippen MR) is 139 cm³/mol. The summed E-state index contributed by atoms with van der Waals surface area (Å²) >= 11 is 0. The summed E-state index contributed by atoms with van der Waals surface area (Å²) in [5.41, 5.74) is 0.584. The van der Waals surface area contributed by atoms with E-state index < -0.39 is 35.6 Å². The quantitative estimate of drug-likeness (QED) is 0.426. The van der Waals surface area contributed by atoms with Crippen molar-refractivity contribution in [2.75, 3.05) is 6.54 Å². The van der Waals surface area contributed by atoms with Crippen LogP contribution in [0.4, 0.5) is 4.79 Å². The molecule has 3 N–H and O–H groups in total. The summed E-state index contributed by atoms with van der Waals surface area (Å²) in [4.78, 5) is 41.2. The molecule has 2 atom stereocenters. The van der Waals surface area contributed by atoms with E-state index in [2.05, 4.69) is 17.2 Å². The monoisotopic (exact) mass is 495 g/mol. The smallest absolute Gasteiger partial charge is 0.408 e. The lowest BCUT2D eigenvalue weighted by Gasteiger charge is -2.35. The molecule has 0 aliphatic rings. The fourth-order valence-electron chi connectivity index (χ4n) is 3.64. The number of nitrogens with one attached hydrogen (secondary N) is 2. The van der Waals surface area contributed by atoms with Crippen LogP contribution in [0.1, 0.15) is 51.8 Å². The van der Waals surface area contributed by atoms with E-state index in [-0.39, 0.29) is 24.8 Å². The third-order valence-corrected chi connectivity index (χ3v) is 5.27. The van der Waals surface area contributed by atoms with Gasteiger partial charge in [0.2, 0.25) is 11.8 Å². The van der Waals surface area contributed by atoms with Gasteiger partial charge in [0.25, 0.3) is 0 Å². The first-order valence-electron chi connectivity index (χ1n) is 11.9. The summed E-state index contributed by atoms with van der Waals surface area (Å²) in [6, 6.07) is 13.6. The van der Waals surface area contributed by atoms with Gasteiger partial charge in [0.05, 0.1) is 0 Å². The standard InChI is InChI=1S/C28H37N3O5/c1-7-16-31(26(34)23(19(2)3)30-27(35)36-28(4,5)6)24(21-14-11-15-22(32)17-21)25(33)29-18-20-12-9-8-10-13-20/h7-15,17,19,23-24,32H,1,16,18H2,2-6H3,(H,29,33)(H,30,35). The van der Waals surface area contributed by atoms with E-state index in [1.165, 1.54) is 23.1 Å². The van der Waals surface area contributed by atoms with E-state index in [0.717, 1.165) is 5.56 Å². The summed E-state index contributed by atoms with van der Waals surface area (Å²) in [5.74, 6) is -1.24. The maximum Gasteiger partial charge on any atom is 0.408 e. The van der Waals surface area contributed by atoms with Gasteiger partial charge < -0.3 is 25.4 Å². The Morgan fingerprint density at radius 2 is 1.75 bits per heavy atom. The maximum absolute atomic E-state index is 13.8. The molecule has 0 bridgehead atoms. The van der Waals surface area contributed by atoms with Gasteiger partial charge in [-0.15, -0.1) is 6.58 Å². The second-order valence-corrected chi connectivity index (χ2v) is 9.85. The van der Waals surface area contributed by atoms with Crippen LogP contribution in [0.15, 0.2) is 67.3 Å². The minimum absolute atomic E-state index is 0.0355. The van der Waals surface area contributed by atoms with Crippen molar-refractivity contribution in [3.05, 3.63) is 78.4 Å². The molecule has 8 heteroatoms. The number of nitrogens with zero attached hydrogens (tertiary/aromatic N) is 1. The van der Waals surface area contributed by atoms with Gasteiger partial charge >= 0.3 is 6.09 Å². The molecule has 0 saturated carbocycles. The number of hydrogen-bond donors (Lipinski definition) is 3. The van der Waals surface area contributed by atoms with Crippen LogP contribution in [0.5, 0.6) is 5.75 Å². The predicted octanol–water partition coefficient (Wildman–Crippen LogP) is 4.31. The van der Waals surface area contributed by atoms with Crippen molar-refractivity contribution in [2.24, 2.45) is 5.92 Å². The van der Waals surface area contributed by atoms with E-state index in [0.29, 0.717) is 5.56 Å². The molecule has 2 aromatic rings. The fraction of sp³-hybridized carbons (Fsp3) is 0.393. The molecule has 0 aliphatic carbocycles. The van der Waals surface area contributed by atoms with Crippen LogP contribution in [0, 0.1) is 5.92 Å². The first kappa shape index (κ1) is 28.4. The first-order chi connectivity index (χ1) is 16.9. The zero-order chi connectivity index (χ0) is 26.9. The van der Waals surface area contributed by atoms with Crippen LogP contribution < -0.4 is 10.6 Å². The average Bonchev–Trinajstić information content (AvgIpc) is 2.80. The molecule has 0 aliphatic heterocycles. The van der Waals surface area contributed by atoms with E-state index in [4.69, 9.17) is 4.74 Å². The molecule has 2 unspecified atom stereocenters. The molecule has 0 radical (unpaired) electrons. The van der Waals surface area contributed by atoms with Gasteiger partial charge in [-0.2, -0.15) is 0 Å². The molecule has 0 spiro atoms. The normalized spacial score (nSPS) is 12.8. The van der Waals surface area contributed by atoms with Crippen LogP contribution >= 0.6 is 0 Å². The number of rotatable bonds is 10. The molecule has 2 aromatic carbocycles. The van der Waals surface area contributed by atoms with E-state index >= 15 is 0 Å². The van der Waals surface area contributed by atoms with Crippen LogP contribution in [-0.2, 0) is 20.9 Å². The largest absolute Gasteiger partial charge is 0.508 e. The highest BCUT2D eigenvalue weighted by Gasteiger charge is 2.37. The second-order valence-electron chi connectivity index (χ2n) is 9.85. The van der Waals surface area contributed by atoms with Gasteiger partial charge in [0.15, 0.2) is 0 Å². The number of hydrogen-bond acceptors (Lipinski definition) is 5. The number of phenols is 1. The Morgan fingerprint density at radius 3 is 2.31 bits per heavy atom. The zero-order valence-corrected chi connectivity index (χ0v) is 21.7. The summed E-state index contributed by atoms with van der Waals surface area (Å²) < 4.78 is 5.35. The molecular formula is C28H37N3O5. The third-order valence-electron chi connectivity index (χ3n) is 5.27. The van der Waals surface area contributed by atoms with Crippen molar-refractivity contribution in [1.29, 1.82) is 0 Å². The van der Waals surface area contributed by atoms with E-state index in [1.54, 1.807) is 46.8 Å². The van der Waals surface area contributed by atoms with Gasteiger partial charge in [-0.25, -0.2) is 4.79 Å². The molecule has 194 valence electrons. The van der Waals surface area contributed by atoms with Crippen molar-refractivity contribution < 1.29 is 24.2 Å². The Morgan fingerprint density at radius 1 is 1.08 bits per heavy atom. The lowest BCUT2D eigenvalue weighted by molar-refractivity contribution is -0.142. The lowest BCUT2D eigenvalue weighted by atomic mass is 9.98. The molecule has 8 nitrogen and oxygen atoms in total. The fourth-order valence-corrected chi connectivity index (χ4v) is 3.64. The van der Waals surface area contributed by atoms with Gasteiger partial charge in [-0.3, -0.25) is 9.59 Å². The Balaban J connectivity index is 2.41. The molecule has 0 saturated heterocycles. The number of phenolic OH excluding ortho intramolecular Hbond substituents is 1. The first-order valence-corrected chi connectivity index (χ1v) is 11.9. The van der Waals surface area contributed by atoms with Gasteiger partial charge in [0.1, 0.15) is 23.4 Å². The molecule has 0 fully saturated rings. The Hall–Kier alpha value is -3.81. The Labute approximate surface area is 213 Å². The summed E-state index contributed by atoms with van der Waals surface area (Å²) in [6.07, 6.45) is 0.791. The number of alkyl carbamates (subject to hydrolysis) is 1. The van der Waals surface area contributed by atoms with Crippen molar-refractivity contribution in [3.63, 3.8) is 0 Å². The minimum Gasteiger partial charge on any atom is -0.508 e. The number of amides is 3. The van der Waals surface area contributed by atoms with Crippen molar-refractivity contribution in [1.82, 2.24) is 15.5 Å². The Kier molecular flexibility index (Phi) is 10.1. The van der Waals surface area contributed by atoms with E-state index in [9.17, 15) is 19.5 Å². The second kappa shape index (κ2) is 12.8. The van der Waals surface area contributed by atoms with Crippen LogP contribution in [0.2, 0.25) is 0 Å². The topological polar surface area (TPSA) is 108 Å². The number of benzene rings is 2. The minimum atomic E-state index is -1.08. The van der Waals surface area contributed by atoms with Crippen molar-refractivity contribution in [2.45, 2.75) is 58.8 Å². The van der Waals surface area contributed by atoms with Gasteiger partial charge in [0, 0.05) is 13.1 Å². The zero-order valence-electron chi connectivity index (χ0n) is 21.7. The Bertz CT molecular complexity index is 1050. The molecular weight excluding hydrogens is 458 g/mol. The average molecular weight is 496 g/mol. The maximum atomic E-state index is 13.8. The van der Waals surface area contributed by atoms with E-state index in [1.807, 2.05) is 30.3 Å². The van der Waals surface area contributed by atoms with Crippen LogP contribution in [0.3, 0.4) is 0 Å². The molecule has 0 heterocycles. The summed E-state index contributed by atoms with van der Waals surface area (Å²) in [6.45, 7) is 12.8. The lowest BCUT2D eigenvalue weighted by Crippen LogP contribution is -2.54. The summed E-state index contributed by atoms with van der Waals surface area (Å²) in [5, 5.41) is 15.6. The van der Waals surface area contributed by atoms with Crippen LogP contribution in [-0.4, -0.2) is 46.1 Å². The summed E-state index contributed by atoms with van der Waals surface area (Å²) in [7, 11) is 0. The molecule has 3 amide bonds. The highest BCUT2D eigenvalue weighted by molar-refractivity contribution is 5.92. The molecule has 36 heavy (non-hydrogen) atoms. The van der Waals surface area contributed by atoms with Gasteiger partial charge in [-0.1, -0.05) is 62.4 Å². The van der Waals surface area contributed by atoms with Crippen LogP contribution in [0.25, 0.3) is 0 Å².